The lowest BCUT2D eigenvalue weighted by molar-refractivity contribution is -0.136. The minimum absolute atomic E-state index is 0.0626. The van der Waals surface area contributed by atoms with E-state index in [-0.39, 0.29) is 5.70 Å². The highest BCUT2D eigenvalue weighted by molar-refractivity contribution is 6.37. The number of methoxy groups -OCH3 is 1. The number of aromatic nitrogens is 1. The van der Waals surface area contributed by atoms with E-state index < -0.39 is 17.7 Å². The summed E-state index contributed by atoms with van der Waals surface area (Å²) in [6, 6.07) is 13.8. The van der Waals surface area contributed by atoms with E-state index in [0.29, 0.717) is 32.8 Å². The van der Waals surface area contributed by atoms with Crippen LogP contribution in [0, 0.1) is 0 Å². The van der Waals surface area contributed by atoms with Crippen molar-refractivity contribution in [1.29, 1.82) is 0 Å². The van der Waals surface area contributed by atoms with E-state index in [1.807, 2.05) is 0 Å². The molecule has 1 amide bonds. The second kappa shape index (κ2) is 10.1. The molecule has 2 aromatic carbocycles. The zero-order valence-electron chi connectivity index (χ0n) is 18.4. The number of halogens is 2. The molecule has 0 atom stereocenters. The van der Waals surface area contributed by atoms with Crippen molar-refractivity contribution in [2.75, 3.05) is 7.11 Å². The number of rotatable bonds is 5. The van der Waals surface area contributed by atoms with E-state index in [0.717, 1.165) is 5.39 Å². The Kier molecular flexibility index (Phi) is 7.46. The Balaban J connectivity index is 1.87. The molecule has 0 fully saturated rings. The van der Waals surface area contributed by atoms with Gasteiger partial charge in [0.2, 0.25) is 5.88 Å². The van der Waals surface area contributed by atoms with Crippen LogP contribution < -0.4 is 10.1 Å². The average molecular weight is 489 g/mol. The summed E-state index contributed by atoms with van der Waals surface area (Å²) in [6.07, 6.45) is 0.727. The maximum Gasteiger partial charge on any atom is 0.412 e. The molecule has 3 aromatic rings. The summed E-state index contributed by atoms with van der Waals surface area (Å²) < 4.78 is 15.7. The Labute approximate surface area is 201 Å². The number of benzene rings is 2. The number of carbonyl (C=O) groups excluding carboxylic acids is 2. The highest BCUT2D eigenvalue weighted by Gasteiger charge is 2.20. The van der Waals surface area contributed by atoms with Gasteiger partial charge in [0.25, 0.3) is 0 Å². The lowest BCUT2D eigenvalue weighted by atomic mass is 10.1. The Hall–Kier alpha value is -3.29. The van der Waals surface area contributed by atoms with Crippen LogP contribution in [0.25, 0.3) is 17.0 Å². The van der Waals surface area contributed by atoms with Gasteiger partial charge in [0, 0.05) is 11.5 Å². The van der Waals surface area contributed by atoms with Crippen LogP contribution in [0.2, 0.25) is 10.0 Å². The van der Waals surface area contributed by atoms with Crippen molar-refractivity contribution in [2.24, 2.45) is 0 Å². The van der Waals surface area contributed by atoms with Gasteiger partial charge >= 0.3 is 12.1 Å². The molecular weight excluding hydrogens is 467 g/mol. The number of alkyl carbamates (subject to hydrolysis) is 1. The van der Waals surface area contributed by atoms with Crippen molar-refractivity contribution in [3.8, 4) is 11.6 Å². The third-order valence-electron chi connectivity index (χ3n) is 4.17. The van der Waals surface area contributed by atoms with Gasteiger partial charge in [-0.15, -0.1) is 0 Å². The summed E-state index contributed by atoms with van der Waals surface area (Å²) in [4.78, 5) is 28.7. The number of hydrogen-bond acceptors (Lipinski definition) is 6. The van der Waals surface area contributed by atoms with Crippen LogP contribution in [-0.2, 0) is 14.3 Å². The first-order valence-corrected chi connectivity index (χ1v) is 10.6. The quantitative estimate of drug-likeness (QED) is 0.331. The molecule has 0 radical (unpaired) electrons. The van der Waals surface area contributed by atoms with Crippen molar-refractivity contribution < 1.29 is 23.8 Å². The summed E-state index contributed by atoms with van der Waals surface area (Å²) >= 11 is 12.3. The van der Waals surface area contributed by atoms with Gasteiger partial charge in [-0.2, -0.15) is 0 Å². The van der Waals surface area contributed by atoms with Gasteiger partial charge in [0.1, 0.15) is 11.3 Å². The van der Waals surface area contributed by atoms with E-state index in [2.05, 4.69) is 10.3 Å². The van der Waals surface area contributed by atoms with Gasteiger partial charge < -0.3 is 14.2 Å². The number of esters is 1. The molecule has 0 bridgehead atoms. The molecule has 172 valence electrons. The molecule has 0 saturated carbocycles. The van der Waals surface area contributed by atoms with Gasteiger partial charge in [-0.3, -0.25) is 5.32 Å². The number of ether oxygens (including phenoxy) is 3. The minimum Gasteiger partial charge on any atom is -0.464 e. The number of nitrogens with zero attached hydrogens (tertiary/aromatic N) is 1. The van der Waals surface area contributed by atoms with Crippen molar-refractivity contribution in [3.63, 3.8) is 0 Å². The SMILES string of the molecule is COC(=O)C(=Cc1ccc2nc(Oc3c(Cl)cccc3Cl)ccc2c1)NC(=O)OC(C)(C)C. The standard InChI is InChI=1S/C24H22Cl2N2O5/c1-24(2,3)33-23(30)28-19(22(29)31-4)13-14-8-10-18-15(12-14)9-11-20(27-18)32-21-16(25)6-5-7-17(21)26/h5-13H,1-4H3,(H,28,30). The fraction of sp³-hybridized carbons (Fsp3) is 0.208. The summed E-state index contributed by atoms with van der Waals surface area (Å²) in [5.74, 6) is -0.0646. The Morgan fingerprint density at radius 2 is 1.73 bits per heavy atom. The number of pyridine rings is 1. The lowest BCUT2D eigenvalue weighted by Gasteiger charge is -2.20. The third kappa shape index (κ3) is 6.60. The van der Waals surface area contributed by atoms with Crippen LogP contribution in [0.5, 0.6) is 11.6 Å². The largest absolute Gasteiger partial charge is 0.464 e. The second-order valence-corrected chi connectivity index (χ2v) is 8.75. The molecule has 0 aliphatic carbocycles. The maximum absolute atomic E-state index is 12.1. The normalized spacial score (nSPS) is 11.8. The average Bonchev–Trinajstić information content (AvgIpc) is 2.74. The Bertz CT molecular complexity index is 1210. The number of fused-ring (bicyclic) bond motifs is 1. The molecule has 9 heteroatoms. The third-order valence-corrected chi connectivity index (χ3v) is 4.76. The van der Waals surface area contributed by atoms with Gasteiger partial charge in [-0.05, 0) is 62.7 Å². The molecule has 0 saturated heterocycles. The molecule has 0 unspecified atom stereocenters. The molecule has 1 heterocycles. The predicted octanol–water partition coefficient (Wildman–Crippen LogP) is 6.37. The first kappa shape index (κ1) is 24.4. The van der Waals surface area contributed by atoms with Crippen LogP contribution in [-0.4, -0.2) is 29.8 Å². The van der Waals surface area contributed by atoms with E-state index in [1.165, 1.54) is 13.2 Å². The molecule has 1 aromatic heterocycles. The number of carbonyl (C=O) groups is 2. The number of para-hydroxylation sites is 1. The maximum atomic E-state index is 12.1. The molecule has 33 heavy (non-hydrogen) atoms. The zero-order valence-corrected chi connectivity index (χ0v) is 20.0. The van der Waals surface area contributed by atoms with Crippen molar-refractivity contribution in [1.82, 2.24) is 10.3 Å². The molecule has 0 spiro atoms. The van der Waals surface area contributed by atoms with Crippen LogP contribution in [0.15, 0.2) is 54.2 Å². The summed E-state index contributed by atoms with van der Waals surface area (Å²) in [5.41, 5.74) is 0.511. The number of hydrogen-bond donors (Lipinski definition) is 1. The molecule has 3 rings (SSSR count). The summed E-state index contributed by atoms with van der Waals surface area (Å²) in [5, 5.41) is 3.96. The summed E-state index contributed by atoms with van der Waals surface area (Å²) in [7, 11) is 1.23. The van der Waals surface area contributed by atoms with Crippen molar-refractivity contribution >= 4 is 52.2 Å². The molecule has 0 aliphatic rings. The Morgan fingerprint density at radius 1 is 1.03 bits per heavy atom. The molecule has 7 nitrogen and oxygen atoms in total. The highest BCUT2D eigenvalue weighted by atomic mass is 35.5. The van der Waals surface area contributed by atoms with Crippen molar-refractivity contribution in [2.45, 2.75) is 26.4 Å². The van der Waals surface area contributed by atoms with Crippen LogP contribution in [0.4, 0.5) is 4.79 Å². The minimum atomic E-state index is -0.762. The molecule has 0 aliphatic heterocycles. The van der Waals surface area contributed by atoms with E-state index >= 15 is 0 Å². The topological polar surface area (TPSA) is 86.8 Å². The number of amides is 1. The molecular formula is C24H22Cl2N2O5. The van der Waals surface area contributed by atoms with E-state index in [1.54, 1.807) is 69.3 Å². The first-order chi connectivity index (χ1) is 15.6. The van der Waals surface area contributed by atoms with Gasteiger partial charge in [-0.1, -0.05) is 35.3 Å². The fourth-order valence-electron chi connectivity index (χ4n) is 2.79. The van der Waals surface area contributed by atoms with Gasteiger partial charge in [0.05, 0.1) is 22.7 Å². The Morgan fingerprint density at radius 3 is 2.36 bits per heavy atom. The highest BCUT2D eigenvalue weighted by Crippen LogP contribution is 2.35. The van der Waals surface area contributed by atoms with Crippen LogP contribution in [0.1, 0.15) is 26.3 Å². The second-order valence-electron chi connectivity index (χ2n) is 7.93. The summed E-state index contributed by atoms with van der Waals surface area (Å²) in [6.45, 7) is 5.17. The van der Waals surface area contributed by atoms with Crippen molar-refractivity contribution in [3.05, 3.63) is 69.8 Å². The van der Waals surface area contributed by atoms with Crippen LogP contribution in [0.3, 0.4) is 0 Å². The molecule has 1 N–H and O–H groups in total. The zero-order chi connectivity index (χ0) is 24.2. The monoisotopic (exact) mass is 488 g/mol. The predicted molar refractivity (Wildman–Crippen MR) is 128 cm³/mol. The first-order valence-electron chi connectivity index (χ1n) is 9.88. The fourth-order valence-corrected chi connectivity index (χ4v) is 3.27. The van der Waals surface area contributed by atoms with Gasteiger partial charge in [-0.25, -0.2) is 14.6 Å². The van der Waals surface area contributed by atoms with E-state index in [9.17, 15) is 9.59 Å². The van der Waals surface area contributed by atoms with Gasteiger partial charge in [0.15, 0.2) is 5.75 Å². The number of nitrogens with one attached hydrogen (secondary N) is 1. The smallest absolute Gasteiger partial charge is 0.412 e. The van der Waals surface area contributed by atoms with E-state index in [4.69, 9.17) is 37.4 Å². The van der Waals surface area contributed by atoms with Crippen LogP contribution >= 0.6 is 23.2 Å². The lowest BCUT2D eigenvalue weighted by Crippen LogP contribution is -2.34.